The summed E-state index contributed by atoms with van der Waals surface area (Å²) in [6, 6.07) is 9.08. The number of hydrogen-bond acceptors (Lipinski definition) is 7. The lowest BCUT2D eigenvalue weighted by Gasteiger charge is -2.31. The largest absolute Gasteiger partial charge is 0.416 e. The standard InChI is InChI=1S/C27H28F3N5O2S2/c28-27(29,30)19-6-7-22(34-11-3-4-12-34)20(15-19)32-25(37)21-16-39-26(33-21)18-8-13-35(14-9-18)24(36)17-38-23-5-1-2-10-31-23/h1-2,5-7,10,15-16,18H,3-4,8-9,11-14,17H2,(H,32,37). The van der Waals surface area contributed by atoms with Gasteiger partial charge in [0.15, 0.2) is 0 Å². The molecule has 4 heterocycles. The van der Waals surface area contributed by atoms with Crippen molar-refractivity contribution in [2.75, 3.05) is 42.1 Å². The number of pyridine rings is 1. The molecule has 0 bridgehead atoms. The molecular formula is C27H28F3N5O2S2. The second-order valence-corrected chi connectivity index (χ2v) is 11.4. The van der Waals surface area contributed by atoms with E-state index >= 15 is 0 Å². The fourth-order valence-electron chi connectivity index (χ4n) is 4.85. The summed E-state index contributed by atoms with van der Waals surface area (Å²) in [7, 11) is 0. The van der Waals surface area contributed by atoms with Crippen LogP contribution in [-0.2, 0) is 11.0 Å². The number of thiazole rings is 1. The van der Waals surface area contributed by atoms with E-state index in [-0.39, 0.29) is 23.2 Å². The average Bonchev–Trinajstić information content (AvgIpc) is 3.65. The third-order valence-corrected chi connectivity index (χ3v) is 8.89. The molecule has 0 saturated carbocycles. The summed E-state index contributed by atoms with van der Waals surface area (Å²) in [5.74, 6) is -0.00882. The Kier molecular flexibility index (Phi) is 8.41. The molecule has 0 atom stereocenters. The van der Waals surface area contributed by atoms with Crippen LogP contribution in [0.5, 0.6) is 0 Å². The van der Waals surface area contributed by atoms with Crippen molar-refractivity contribution < 1.29 is 22.8 Å². The van der Waals surface area contributed by atoms with E-state index in [9.17, 15) is 22.8 Å². The lowest BCUT2D eigenvalue weighted by molar-refractivity contribution is -0.137. The molecule has 3 aromatic rings. The monoisotopic (exact) mass is 575 g/mol. The van der Waals surface area contributed by atoms with Gasteiger partial charge in [-0.25, -0.2) is 9.97 Å². The lowest BCUT2D eigenvalue weighted by Crippen LogP contribution is -2.38. The summed E-state index contributed by atoms with van der Waals surface area (Å²) in [4.78, 5) is 38.3. The first kappa shape index (κ1) is 27.4. The molecule has 2 saturated heterocycles. The number of anilines is 2. The van der Waals surface area contributed by atoms with Gasteiger partial charge in [-0.2, -0.15) is 13.2 Å². The number of hydrogen-bond donors (Lipinski definition) is 1. The van der Waals surface area contributed by atoms with E-state index in [1.54, 1.807) is 11.6 Å². The Labute approximate surface area is 232 Å². The van der Waals surface area contributed by atoms with Crippen LogP contribution in [0.15, 0.2) is 53.0 Å². The molecule has 2 aliphatic heterocycles. The molecule has 206 valence electrons. The molecule has 12 heteroatoms. The van der Waals surface area contributed by atoms with E-state index in [0.717, 1.165) is 60.9 Å². The molecule has 0 spiro atoms. The highest BCUT2D eigenvalue weighted by molar-refractivity contribution is 7.99. The minimum absolute atomic E-state index is 0.0678. The van der Waals surface area contributed by atoms with Gasteiger partial charge in [0, 0.05) is 43.7 Å². The minimum atomic E-state index is -4.51. The maximum atomic E-state index is 13.4. The first-order chi connectivity index (χ1) is 18.8. The molecule has 39 heavy (non-hydrogen) atoms. The Balaban J connectivity index is 1.20. The lowest BCUT2D eigenvalue weighted by atomic mass is 9.97. The number of halogens is 3. The third-order valence-electron chi connectivity index (χ3n) is 6.95. The van der Waals surface area contributed by atoms with Crippen LogP contribution in [0.2, 0.25) is 0 Å². The number of rotatable bonds is 7. The number of nitrogens with one attached hydrogen (secondary N) is 1. The molecule has 1 aromatic carbocycles. The molecule has 2 aliphatic rings. The molecule has 2 amide bonds. The SMILES string of the molecule is O=C(Nc1cc(C(F)(F)F)ccc1N1CCCC1)c1csc(C2CCN(C(=O)CSc3ccccn3)CC2)n1. The van der Waals surface area contributed by atoms with Gasteiger partial charge in [-0.1, -0.05) is 17.8 Å². The first-order valence-corrected chi connectivity index (χ1v) is 14.7. The van der Waals surface area contributed by atoms with Crippen LogP contribution in [0.1, 0.15) is 52.7 Å². The van der Waals surface area contributed by atoms with E-state index in [1.165, 1.54) is 29.2 Å². The van der Waals surface area contributed by atoms with E-state index in [4.69, 9.17) is 0 Å². The van der Waals surface area contributed by atoms with Crippen molar-refractivity contribution in [1.29, 1.82) is 0 Å². The van der Waals surface area contributed by atoms with Crippen LogP contribution >= 0.6 is 23.1 Å². The van der Waals surface area contributed by atoms with Gasteiger partial charge >= 0.3 is 6.18 Å². The summed E-state index contributed by atoms with van der Waals surface area (Å²) in [6.07, 6.45) is 0.578. The zero-order chi connectivity index (χ0) is 27.4. The number of carbonyl (C=O) groups is 2. The molecule has 1 N–H and O–H groups in total. The Morgan fingerprint density at radius 1 is 1.08 bits per heavy atom. The zero-order valence-electron chi connectivity index (χ0n) is 21.1. The summed E-state index contributed by atoms with van der Waals surface area (Å²) in [6.45, 7) is 2.68. The number of benzene rings is 1. The van der Waals surface area contributed by atoms with E-state index in [0.29, 0.717) is 24.5 Å². The number of nitrogens with zero attached hydrogens (tertiary/aromatic N) is 4. The van der Waals surface area contributed by atoms with E-state index in [1.807, 2.05) is 28.0 Å². The predicted octanol–water partition coefficient (Wildman–Crippen LogP) is 5.91. The van der Waals surface area contributed by atoms with Gasteiger partial charge in [0.05, 0.1) is 32.7 Å². The number of amides is 2. The van der Waals surface area contributed by atoms with E-state index in [2.05, 4.69) is 15.3 Å². The minimum Gasteiger partial charge on any atom is -0.370 e. The predicted molar refractivity (Wildman–Crippen MR) is 146 cm³/mol. The van der Waals surface area contributed by atoms with Gasteiger partial charge in [-0.15, -0.1) is 11.3 Å². The molecule has 0 unspecified atom stereocenters. The highest BCUT2D eigenvalue weighted by atomic mass is 32.2. The molecule has 7 nitrogen and oxygen atoms in total. The molecular weight excluding hydrogens is 547 g/mol. The van der Waals surface area contributed by atoms with Gasteiger partial charge in [0.1, 0.15) is 5.69 Å². The molecule has 2 fully saturated rings. The number of aromatic nitrogens is 2. The van der Waals surface area contributed by atoms with Crippen LogP contribution in [0.25, 0.3) is 0 Å². The van der Waals surface area contributed by atoms with Gasteiger partial charge in [-0.05, 0) is 56.0 Å². The zero-order valence-corrected chi connectivity index (χ0v) is 22.7. The molecule has 2 aromatic heterocycles. The number of piperidine rings is 1. The number of thioether (sulfide) groups is 1. The number of carbonyl (C=O) groups excluding carboxylic acids is 2. The van der Waals surface area contributed by atoms with Crippen molar-refractivity contribution in [3.05, 3.63) is 64.2 Å². The molecule has 0 aliphatic carbocycles. The quantitative estimate of drug-likeness (QED) is 0.353. The Morgan fingerprint density at radius 2 is 1.85 bits per heavy atom. The number of likely N-dealkylation sites (tertiary alicyclic amines) is 1. The third kappa shape index (κ3) is 6.73. The summed E-state index contributed by atoms with van der Waals surface area (Å²) in [5.41, 5.74) is 0.105. The van der Waals surface area contributed by atoms with Gasteiger partial charge in [0.25, 0.3) is 5.91 Å². The van der Waals surface area contributed by atoms with E-state index < -0.39 is 17.6 Å². The van der Waals surface area contributed by atoms with Crippen molar-refractivity contribution in [2.24, 2.45) is 0 Å². The van der Waals surface area contributed by atoms with Crippen LogP contribution < -0.4 is 10.2 Å². The average molecular weight is 576 g/mol. The second-order valence-electron chi connectivity index (χ2n) is 9.56. The molecule has 0 radical (unpaired) electrons. The van der Waals surface area contributed by atoms with Crippen LogP contribution in [-0.4, -0.2) is 58.6 Å². The topological polar surface area (TPSA) is 78.4 Å². The van der Waals surface area contributed by atoms with Crippen LogP contribution in [0, 0.1) is 0 Å². The number of alkyl halides is 3. The Bertz CT molecular complexity index is 1300. The summed E-state index contributed by atoms with van der Waals surface area (Å²) < 4.78 is 40.1. The Hall–Kier alpha value is -3.12. The first-order valence-electron chi connectivity index (χ1n) is 12.8. The Morgan fingerprint density at radius 3 is 2.54 bits per heavy atom. The van der Waals surface area contributed by atoms with Crippen molar-refractivity contribution in [1.82, 2.24) is 14.9 Å². The van der Waals surface area contributed by atoms with Crippen molar-refractivity contribution in [3.8, 4) is 0 Å². The van der Waals surface area contributed by atoms with Gasteiger partial charge in [0.2, 0.25) is 5.91 Å². The fraction of sp³-hybridized carbons (Fsp3) is 0.407. The highest BCUT2D eigenvalue weighted by Gasteiger charge is 2.32. The highest BCUT2D eigenvalue weighted by Crippen LogP contribution is 2.37. The maximum Gasteiger partial charge on any atom is 0.416 e. The van der Waals surface area contributed by atoms with Crippen molar-refractivity contribution in [3.63, 3.8) is 0 Å². The maximum absolute atomic E-state index is 13.4. The van der Waals surface area contributed by atoms with Gasteiger partial charge < -0.3 is 15.1 Å². The van der Waals surface area contributed by atoms with Crippen LogP contribution in [0.4, 0.5) is 24.5 Å². The van der Waals surface area contributed by atoms with Crippen molar-refractivity contribution >= 4 is 46.3 Å². The second kappa shape index (κ2) is 12.0. The van der Waals surface area contributed by atoms with Crippen LogP contribution in [0.3, 0.4) is 0 Å². The van der Waals surface area contributed by atoms with Gasteiger partial charge in [-0.3, -0.25) is 9.59 Å². The fourth-order valence-corrected chi connectivity index (χ4v) is 6.58. The smallest absolute Gasteiger partial charge is 0.370 e. The summed E-state index contributed by atoms with van der Waals surface area (Å²) in [5, 5.41) is 5.95. The normalized spacial score (nSPS) is 16.5. The molecule has 5 rings (SSSR count). The summed E-state index contributed by atoms with van der Waals surface area (Å²) >= 11 is 2.79. The van der Waals surface area contributed by atoms with Crippen molar-refractivity contribution in [2.45, 2.75) is 42.8 Å².